The predicted octanol–water partition coefficient (Wildman–Crippen LogP) is 4.84. The van der Waals surface area contributed by atoms with Crippen LogP contribution in [0.4, 0.5) is 5.69 Å². The molecule has 1 N–H and O–H groups in total. The van der Waals surface area contributed by atoms with Gasteiger partial charge >= 0.3 is 0 Å². The fraction of sp³-hybridized carbons (Fsp3) is 0.188. The number of nitrogens with one attached hydrogen (secondary N) is 1. The van der Waals surface area contributed by atoms with E-state index < -0.39 is 0 Å². The van der Waals surface area contributed by atoms with E-state index in [0.717, 1.165) is 23.0 Å². The highest BCUT2D eigenvalue weighted by atomic mass is 79.9. The molecule has 0 radical (unpaired) electrons. The van der Waals surface area contributed by atoms with Crippen molar-refractivity contribution in [3.05, 3.63) is 64.2 Å². The van der Waals surface area contributed by atoms with E-state index in [9.17, 15) is 4.79 Å². The Morgan fingerprint density at radius 1 is 1.20 bits per heavy atom. The first-order valence-electron chi connectivity index (χ1n) is 6.32. The smallest absolute Gasteiger partial charge is 0.255 e. The summed E-state index contributed by atoms with van der Waals surface area (Å²) < 4.78 is 0. The molecule has 4 heteroatoms. The number of carbonyl (C=O) groups is 1. The van der Waals surface area contributed by atoms with Gasteiger partial charge in [-0.2, -0.15) is 0 Å². The van der Waals surface area contributed by atoms with E-state index in [1.807, 2.05) is 37.3 Å². The summed E-state index contributed by atoms with van der Waals surface area (Å²) >= 11 is 9.44. The second kappa shape index (κ2) is 6.91. The Bertz CT molecular complexity index is 610. The quantitative estimate of drug-likeness (QED) is 0.784. The van der Waals surface area contributed by atoms with Crippen molar-refractivity contribution in [2.24, 2.45) is 0 Å². The van der Waals surface area contributed by atoms with Gasteiger partial charge in [-0.25, -0.2) is 0 Å². The first kappa shape index (κ1) is 15.1. The van der Waals surface area contributed by atoms with Crippen LogP contribution in [-0.2, 0) is 6.42 Å². The van der Waals surface area contributed by atoms with Gasteiger partial charge in [-0.1, -0.05) is 45.7 Å². The van der Waals surface area contributed by atoms with Gasteiger partial charge in [-0.15, -0.1) is 0 Å². The van der Waals surface area contributed by atoms with Crippen LogP contribution >= 0.6 is 27.5 Å². The summed E-state index contributed by atoms with van der Waals surface area (Å²) in [6.07, 6.45) is 0.974. The molecule has 0 unspecified atom stereocenters. The number of alkyl halides is 1. The van der Waals surface area contributed by atoms with Crippen molar-refractivity contribution in [2.45, 2.75) is 13.3 Å². The maximum Gasteiger partial charge on any atom is 0.255 e. The molecule has 0 aliphatic heterocycles. The maximum absolute atomic E-state index is 12.1. The number of benzene rings is 2. The van der Waals surface area contributed by atoms with Gasteiger partial charge in [0.2, 0.25) is 0 Å². The van der Waals surface area contributed by atoms with Crippen molar-refractivity contribution in [1.82, 2.24) is 0 Å². The molecule has 0 saturated heterocycles. The molecule has 1 amide bonds. The number of hydrogen-bond acceptors (Lipinski definition) is 1. The molecular formula is C16H15BrClNO. The molecule has 2 aromatic rings. The van der Waals surface area contributed by atoms with Crippen LogP contribution in [-0.4, -0.2) is 11.2 Å². The molecule has 0 aliphatic rings. The lowest BCUT2D eigenvalue weighted by Gasteiger charge is -2.07. The topological polar surface area (TPSA) is 29.1 Å². The van der Waals surface area contributed by atoms with E-state index in [-0.39, 0.29) is 5.91 Å². The second-order valence-corrected chi connectivity index (χ2v) is 5.75. The zero-order valence-electron chi connectivity index (χ0n) is 11.1. The summed E-state index contributed by atoms with van der Waals surface area (Å²) in [5, 5.41) is 4.40. The van der Waals surface area contributed by atoms with Gasteiger partial charge in [-0.05, 0) is 48.7 Å². The average Bonchev–Trinajstić information content (AvgIpc) is 2.44. The number of aryl methyl sites for hydroxylation is 2. The molecule has 0 saturated carbocycles. The molecule has 0 spiro atoms. The summed E-state index contributed by atoms with van der Waals surface area (Å²) in [6.45, 7) is 1.91. The lowest BCUT2D eigenvalue weighted by molar-refractivity contribution is 0.102. The van der Waals surface area contributed by atoms with Crippen LogP contribution in [0, 0.1) is 6.92 Å². The predicted molar refractivity (Wildman–Crippen MR) is 88.1 cm³/mol. The fourth-order valence-electron chi connectivity index (χ4n) is 1.80. The molecule has 0 atom stereocenters. The van der Waals surface area contributed by atoms with Crippen LogP contribution in [0.5, 0.6) is 0 Å². The largest absolute Gasteiger partial charge is 0.322 e. The zero-order chi connectivity index (χ0) is 14.5. The van der Waals surface area contributed by atoms with Gasteiger partial charge in [0.1, 0.15) is 0 Å². The van der Waals surface area contributed by atoms with E-state index in [1.165, 1.54) is 5.56 Å². The van der Waals surface area contributed by atoms with Crippen LogP contribution in [0.1, 0.15) is 21.5 Å². The average molecular weight is 353 g/mol. The molecule has 0 fully saturated rings. The Hall–Kier alpha value is -1.32. The number of hydrogen-bond donors (Lipinski definition) is 1. The number of anilines is 1. The van der Waals surface area contributed by atoms with Crippen LogP contribution in [0.3, 0.4) is 0 Å². The minimum absolute atomic E-state index is 0.153. The first-order valence-corrected chi connectivity index (χ1v) is 7.82. The van der Waals surface area contributed by atoms with Crippen LogP contribution in [0.25, 0.3) is 0 Å². The summed E-state index contributed by atoms with van der Waals surface area (Å²) in [6, 6.07) is 13.1. The monoisotopic (exact) mass is 351 g/mol. The van der Waals surface area contributed by atoms with Crippen LogP contribution in [0.15, 0.2) is 42.5 Å². The number of amides is 1. The molecular weight excluding hydrogens is 338 g/mol. The Balaban J connectivity index is 2.08. The van der Waals surface area contributed by atoms with Gasteiger partial charge in [0.15, 0.2) is 0 Å². The standard InChI is InChI=1S/C16H15BrClNO/c1-11-2-5-13(10-15(11)18)16(20)19-14-6-3-12(4-7-14)8-9-17/h2-7,10H,8-9H2,1H3,(H,19,20). The molecule has 0 bridgehead atoms. The van der Waals surface area contributed by atoms with Gasteiger partial charge < -0.3 is 5.32 Å². The van der Waals surface area contributed by atoms with Crippen LogP contribution < -0.4 is 5.32 Å². The highest BCUT2D eigenvalue weighted by Gasteiger charge is 2.07. The third-order valence-corrected chi connectivity index (χ3v) is 3.83. The summed E-state index contributed by atoms with van der Waals surface area (Å²) in [5.41, 5.74) is 3.54. The Morgan fingerprint density at radius 3 is 2.50 bits per heavy atom. The molecule has 0 heterocycles. The molecule has 20 heavy (non-hydrogen) atoms. The zero-order valence-corrected chi connectivity index (χ0v) is 13.5. The number of carbonyl (C=O) groups excluding carboxylic acids is 1. The summed E-state index contributed by atoms with van der Waals surface area (Å²) in [7, 11) is 0. The van der Waals surface area contributed by atoms with Crippen molar-refractivity contribution >= 4 is 39.1 Å². The van der Waals surface area contributed by atoms with Crippen molar-refractivity contribution in [3.8, 4) is 0 Å². The van der Waals surface area contributed by atoms with Gasteiger partial charge in [-0.3, -0.25) is 4.79 Å². The Kier molecular flexibility index (Phi) is 5.21. The second-order valence-electron chi connectivity index (χ2n) is 4.55. The molecule has 0 aromatic heterocycles. The van der Waals surface area contributed by atoms with Crippen molar-refractivity contribution in [3.63, 3.8) is 0 Å². The maximum atomic E-state index is 12.1. The molecule has 2 nitrogen and oxygen atoms in total. The van der Waals surface area contributed by atoms with E-state index >= 15 is 0 Å². The van der Waals surface area contributed by atoms with E-state index in [2.05, 4.69) is 21.2 Å². The summed E-state index contributed by atoms with van der Waals surface area (Å²) in [5.74, 6) is -0.153. The third-order valence-electron chi connectivity index (χ3n) is 3.03. The van der Waals surface area contributed by atoms with E-state index in [1.54, 1.807) is 12.1 Å². The first-order chi connectivity index (χ1) is 9.60. The third kappa shape index (κ3) is 3.84. The summed E-state index contributed by atoms with van der Waals surface area (Å²) in [4.78, 5) is 12.1. The molecule has 2 rings (SSSR count). The highest BCUT2D eigenvalue weighted by molar-refractivity contribution is 9.09. The fourth-order valence-corrected chi connectivity index (χ4v) is 2.44. The van der Waals surface area contributed by atoms with Gasteiger partial charge in [0.25, 0.3) is 5.91 Å². The van der Waals surface area contributed by atoms with Gasteiger partial charge in [0, 0.05) is 21.6 Å². The normalized spacial score (nSPS) is 10.3. The minimum Gasteiger partial charge on any atom is -0.322 e. The lowest BCUT2D eigenvalue weighted by atomic mass is 10.1. The van der Waals surface area contributed by atoms with Crippen molar-refractivity contribution in [2.75, 3.05) is 10.6 Å². The minimum atomic E-state index is -0.153. The van der Waals surface area contributed by atoms with Crippen LogP contribution in [0.2, 0.25) is 5.02 Å². The molecule has 0 aliphatic carbocycles. The highest BCUT2D eigenvalue weighted by Crippen LogP contribution is 2.18. The molecule has 2 aromatic carbocycles. The molecule has 104 valence electrons. The van der Waals surface area contributed by atoms with E-state index in [4.69, 9.17) is 11.6 Å². The SMILES string of the molecule is Cc1ccc(C(=O)Nc2ccc(CCBr)cc2)cc1Cl. The van der Waals surface area contributed by atoms with E-state index in [0.29, 0.717) is 10.6 Å². The number of rotatable bonds is 4. The van der Waals surface area contributed by atoms with Gasteiger partial charge in [0.05, 0.1) is 0 Å². The number of halogens is 2. The Labute approximate surface area is 132 Å². The lowest BCUT2D eigenvalue weighted by Crippen LogP contribution is -2.11. The van der Waals surface area contributed by atoms with Crippen molar-refractivity contribution in [1.29, 1.82) is 0 Å². The Morgan fingerprint density at radius 2 is 1.90 bits per heavy atom. The van der Waals surface area contributed by atoms with Crippen molar-refractivity contribution < 1.29 is 4.79 Å².